The molecule has 1 aliphatic rings. The molecule has 0 spiro atoms. The number of amides is 1. The van der Waals surface area contributed by atoms with Gasteiger partial charge in [-0.05, 0) is 31.9 Å². The van der Waals surface area contributed by atoms with Gasteiger partial charge in [0.1, 0.15) is 12.3 Å². The Hall–Kier alpha value is -1.55. The molecule has 2 N–H and O–H groups in total. The zero-order valence-corrected chi connectivity index (χ0v) is 11.9. The molecule has 1 aromatic carbocycles. The van der Waals surface area contributed by atoms with Gasteiger partial charge in [0.05, 0.1) is 14.2 Å². The van der Waals surface area contributed by atoms with Gasteiger partial charge in [-0.3, -0.25) is 4.79 Å². The molecule has 1 aromatic rings. The van der Waals surface area contributed by atoms with Crippen LogP contribution in [0.15, 0.2) is 24.3 Å². The van der Waals surface area contributed by atoms with E-state index in [1.165, 1.54) is 10.5 Å². The van der Waals surface area contributed by atoms with Gasteiger partial charge >= 0.3 is 0 Å². The molecule has 0 radical (unpaired) electrons. The minimum absolute atomic E-state index is 0.0354. The molecule has 104 valence electrons. The van der Waals surface area contributed by atoms with E-state index in [0.717, 1.165) is 25.1 Å². The minimum Gasteiger partial charge on any atom is -0.497 e. The van der Waals surface area contributed by atoms with Crippen LogP contribution in [0.1, 0.15) is 25.3 Å². The standard InChI is InChI=1S/C15H22N2O2/c1-11(15(18)16-13-7-8-13)17(2)10-12-5-4-6-14(9-12)19-3/h4-6,9,11,13H,7-8,10H2,1-3H3,(H,16,18)/p+1/t11-/m1/s1. The van der Waals surface area contributed by atoms with Crippen molar-refractivity contribution in [3.05, 3.63) is 29.8 Å². The van der Waals surface area contributed by atoms with Crippen LogP contribution in [0.3, 0.4) is 0 Å². The number of benzene rings is 1. The lowest BCUT2D eigenvalue weighted by molar-refractivity contribution is -0.908. The molecule has 2 rings (SSSR count). The monoisotopic (exact) mass is 263 g/mol. The molecule has 0 heterocycles. The average molecular weight is 263 g/mol. The maximum Gasteiger partial charge on any atom is 0.278 e. The number of quaternary nitrogens is 1. The first-order valence-corrected chi connectivity index (χ1v) is 6.85. The highest BCUT2D eigenvalue weighted by molar-refractivity contribution is 5.80. The summed E-state index contributed by atoms with van der Waals surface area (Å²) >= 11 is 0. The molecular weight excluding hydrogens is 240 g/mol. The van der Waals surface area contributed by atoms with Crippen LogP contribution < -0.4 is 15.0 Å². The van der Waals surface area contributed by atoms with Crippen LogP contribution in [-0.4, -0.2) is 32.1 Å². The van der Waals surface area contributed by atoms with Gasteiger partial charge in [-0.1, -0.05) is 12.1 Å². The summed E-state index contributed by atoms with van der Waals surface area (Å²) in [6, 6.07) is 8.40. The first kappa shape index (κ1) is 13.9. The molecule has 0 aromatic heterocycles. The molecule has 0 bridgehead atoms. The second-order valence-corrected chi connectivity index (χ2v) is 5.38. The van der Waals surface area contributed by atoms with Crippen LogP contribution in [0.2, 0.25) is 0 Å². The van der Waals surface area contributed by atoms with Crippen molar-refractivity contribution in [3.63, 3.8) is 0 Å². The van der Waals surface area contributed by atoms with Crippen molar-refractivity contribution in [2.75, 3.05) is 14.2 Å². The molecule has 0 aliphatic heterocycles. The van der Waals surface area contributed by atoms with Crippen LogP contribution >= 0.6 is 0 Å². The summed E-state index contributed by atoms with van der Waals surface area (Å²) in [5.74, 6) is 1.02. The van der Waals surface area contributed by atoms with Gasteiger partial charge in [0.2, 0.25) is 0 Å². The van der Waals surface area contributed by atoms with Crippen molar-refractivity contribution in [2.24, 2.45) is 0 Å². The lowest BCUT2D eigenvalue weighted by Gasteiger charge is -2.21. The number of ether oxygens (including phenoxy) is 1. The topological polar surface area (TPSA) is 42.8 Å². The zero-order chi connectivity index (χ0) is 13.8. The maximum absolute atomic E-state index is 12.0. The van der Waals surface area contributed by atoms with Crippen molar-refractivity contribution in [1.29, 1.82) is 0 Å². The van der Waals surface area contributed by atoms with Crippen molar-refractivity contribution < 1.29 is 14.4 Å². The normalized spacial score (nSPS) is 17.6. The summed E-state index contributed by atoms with van der Waals surface area (Å²) in [5, 5.41) is 3.06. The van der Waals surface area contributed by atoms with E-state index in [9.17, 15) is 4.79 Å². The molecular formula is C15H23N2O2+. The summed E-state index contributed by atoms with van der Waals surface area (Å²) in [4.78, 5) is 13.2. The fourth-order valence-corrected chi connectivity index (χ4v) is 2.04. The molecule has 1 aliphatic carbocycles. The maximum atomic E-state index is 12.0. The largest absolute Gasteiger partial charge is 0.497 e. The molecule has 0 saturated heterocycles. The number of hydrogen-bond acceptors (Lipinski definition) is 2. The number of carbonyl (C=O) groups excluding carboxylic acids is 1. The third kappa shape index (κ3) is 3.96. The van der Waals surface area contributed by atoms with Gasteiger partial charge in [-0.25, -0.2) is 0 Å². The second-order valence-electron chi connectivity index (χ2n) is 5.38. The Bertz CT molecular complexity index is 444. The Labute approximate surface area is 114 Å². The Morgan fingerprint density at radius 1 is 1.53 bits per heavy atom. The molecule has 1 amide bonds. The fraction of sp³-hybridized carbons (Fsp3) is 0.533. The zero-order valence-electron chi connectivity index (χ0n) is 11.9. The predicted molar refractivity (Wildman–Crippen MR) is 74.2 cm³/mol. The Kier molecular flexibility index (Phi) is 4.43. The van der Waals surface area contributed by atoms with E-state index in [4.69, 9.17) is 4.74 Å². The van der Waals surface area contributed by atoms with Crippen LogP contribution in [0, 0.1) is 0 Å². The smallest absolute Gasteiger partial charge is 0.278 e. The van der Waals surface area contributed by atoms with E-state index < -0.39 is 0 Å². The molecule has 1 saturated carbocycles. The van der Waals surface area contributed by atoms with Gasteiger partial charge in [-0.15, -0.1) is 0 Å². The van der Waals surface area contributed by atoms with Crippen LogP contribution in [0.4, 0.5) is 0 Å². The number of nitrogens with one attached hydrogen (secondary N) is 2. The fourth-order valence-electron chi connectivity index (χ4n) is 2.04. The number of carbonyl (C=O) groups is 1. The van der Waals surface area contributed by atoms with Crippen molar-refractivity contribution in [3.8, 4) is 5.75 Å². The highest BCUT2D eigenvalue weighted by Gasteiger charge is 2.29. The lowest BCUT2D eigenvalue weighted by Crippen LogP contribution is -3.12. The summed E-state index contributed by atoms with van der Waals surface area (Å²) in [6.45, 7) is 2.80. The van der Waals surface area contributed by atoms with Crippen LogP contribution in [0.5, 0.6) is 5.75 Å². The van der Waals surface area contributed by atoms with Gasteiger partial charge < -0.3 is 15.0 Å². The van der Waals surface area contributed by atoms with Gasteiger partial charge in [0.15, 0.2) is 6.04 Å². The average Bonchev–Trinajstić information content (AvgIpc) is 3.21. The molecule has 1 fully saturated rings. The number of methoxy groups -OCH3 is 1. The summed E-state index contributed by atoms with van der Waals surface area (Å²) in [7, 11) is 3.72. The number of likely N-dealkylation sites (N-methyl/N-ethyl adjacent to an activating group) is 1. The first-order valence-electron chi connectivity index (χ1n) is 6.85. The van der Waals surface area contributed by atoms with Crippen molar-refractivity contribution in [1.82, 2.24) is 5.32 Å². The Morgan fingerprint density at radius 3 is 2.89 bits per heavy atom. The molecule has 19 heavy (non-hydrogen) atoms. The van der Waals surface area contributed by atoms with Crippen molar-refractivity contribution >= 4 is 5.91 Å². The molecule has 2 atom stereocenters. The summed E-state index contributed by atoms with van der Waals surface area (Å²) in [5.41, 5.74) is 1.18. The van der Waals surface area contributed by atoms with Gasteiger partial charge in [0.25, 0.3) is 5.91 Å². The molecule has 1 unspecified atom stereocenters. The highest BCUT2D eigenvalue weighted by atomic mass is 16.5. The first-order chi connectivity index (χ1) is 9.10. The lowest BCUT2D eigenvalue weighted by atomic mass is 10.1. The van der Waals surface area contributed by atoms with E-state index in [2.05, 4.69) is 18.4 Å². The van der Waals surface area contributed by atoms with Crippen molar-refractivity contribution in [2.45, 2.75) is 38.4 Å². The van der Waals surface area contributed by atoms with E-state index in [-0.39, 0.29) is 11.9 Å². The van der Waals surface area contributed by atoms with Crippen LogP contribution in [0.25, 0.3) is 0 Å². The third-order valence-corrected chi connectivity index (χ3v) is 3.67. The molecule has 4 nitrogen and oxygen atoms in total. The predicted octanol–water partition coefficient (Wildman–Crippen LogP) is 0.377. The third-order valence-electron chi connectivity index (χ3n) is 3.67. The molecule has 4 heteroatoms. The number of rotatable bonds is 6. The van der Waals surface area contributed by atoms with E-state index >= 15 is 0 Å². The summed E-state index contributed by atoms with van der Waals surface area (Å²) < 4.78 is 5.22. The Morgan fingerprint density at radius 2 is 2.26 bits per heavy atom. The van der Waals surface area contributed by atoms with Gasteiger partial charge in [0, 0.05) is 11.6 Å². The quantitative estimate of drug-likeness (QED) is 0.779. The Balaban J connectivity index is 1.90. The van der Waals surface area contributed by atoms with E-state index in [1.54, 1.807) is 7.11 Å². The number of hydrogen-bond donors (Lipinski definition) is 2. The highest BCUT2D eigenvalue weighted by Crippen LogP contribution is 2.18. The van der Waals surface area contributed by atoms with Crippen LogP contribution in [-0.2, 0) is 11.3 Å². The van der Waals surface area contributed by atoms with E-state index in [0.29, 0.717) is 6.04 Å². The SMILES string of the molecule is COc1cccc(C[NH+](C)[C@H](C)C(=O)NC2CC2)c1. The van der Waals surface area contributed by atoms with E-state index in [1.807, 2.05) is 25.1 Å². The second kappa shape index (κ2) is 6.06. The summed E-state index contributed by atoms with van der Waals surface area (Å²) in [6.07, 6.45) is 2.26. The minimum atomic E-state index is -0.0354. The van der Waals surface area contributed by atoms with Gasteiger partial charge in [-0.2, -0.15) is 0 Å².